The lowest BCUT2D eigenvalue weighted by atomic mass is 9.88. The molecule has 2 aliphatic heterocycles. The molecule has 1 aromatic heterocycles. The molecule has 1 amide bonds. The molecule has 37 heavy (non-hydrogen) atoms. The van der Waals surface area contributed by atoms with Gasteiger partial charge in [-0.2, -0.15) is 5.26 Å². The van der Waals surface area contributed by atoms with Crippen LogP contribution in [0.1, 0.15) is 48.1 Å². The number of guanidine groups is 1. The van der Waals surface area contributed by atoms with Crippen LogP contribution in [0.2, 0.25) is 5.02 Å². The molecule has 2 saturated heterocycles. The summed E-state index contributed by atoms with van der Waals surface area (Å²) in [5.74, 6) is 0.579. The smallest absolute Gasteiger partial charge is 0.407 e. The van der Waals surface area contributed by atoms with Gasteiger partial charge in [0.1, 0.15) is 0 Å². The van der Waals surface area contributed by atoms with Crippen LogP contribution in [0.5, 0.6) is 0 Å². The number of halogens is 2. The highest BCUT2D eigenvalue weighted by atomic mass is 79.9. The maximum atomic E-state index is 11.2. The largest absolute Gasteiger partial charge is 0.465 e. The van der Waals surface area contributed by atoms with Crippen LogP contribution >= 0.6 is 27.5 Å². The van der Waals surface area contributed by atoms with Crippen molar-refractivity contribution in [1.82, 2.24) is 20.1 Å². The highest BCUT2D eigenvalue weighted by Crippen LogP contribution is 2.39. The Labute approximate surface area is 229 Å². The van der Waals surface area contributed by atoms with Gasteiger partial charge in [-0.05, 0) is 89.3 Å². The Bertz CT molecular complexity index is 1250. The van der Waals surface area contributed by atoms with E-state index < -0.39 is 6.09 Å². The third-order valence-corrected chi connectivity index (χ3v) is 8.07. The Morgan fingerprint density at radius 3 is 2.54 bits per heavy atom. The van der Waals surface area contributed by atoms with Crippen LogP contribution in [0.15, 0.2) is 45.5 Å². The predicted octanol–water partition coefficient (Wildman–Crippen LogP) is 5.06. The van der Waals surface area contributed by atoms with Gasteiger partial charge in [-0.15, -0.1) is 0 Å². The third kappa shape index (κ3) is 5.60. The number of likely N-dealkylation sites (tertiary alicyclic amines) is 2. The van der Waals surface area contributed by atoms with Crippen molar-refractivity contribution in [2.24, 2.45) is 4.99 Å². The molecule has 10 heteroatoms. The summed E-state index contributed by atoms with van der Waals surface area (Å²) in [4.78, 5) is 24.5. The number of carboxylic acid groups (broad SMARTS) is 1. The Balaban J connectivity index is 1.41. The number of nitriles is 1. The second kappa shape index (κ2) is 11.1. The molecule has 0 unspecified atom stereocenters. The van der Waals surface area contributed by atoms with Crippen molar-refractivity contribution < 1.29 is 9.90 Å². The molecular formula is C27H28BrClN6O2. The quantitative estimate of drug-likeness (QED) is 0.210. The maximum Gasteiger partial charge on any atom is 0.407 e. The van der Waals surface area contributed by atoms with Crippen molar-refractivity contribution in [3.8, 4) is 6.19 Å². The van der Waals surface area contributed by atoms with Crippen LogP contribution in [-0.4, -0.2) is 64.2 Å². The van der Waals surface area contributed by atoms with Gasteiger partial charge in [0.25, 0.3) is 0 Å². The molecule has 1 aliphatic carbocycles. The normalized spacial score (nSPS) is 18.6. The monoisotopic (exact) mass is 582 g/mol. The molecule has 2 N–H and O–H groups in total. The zero-order valence-corrected chi connectivity index (χ0v) is 22.7. The van der Waals surface area contributed by atoms with E-state index in [1.165, 1.54) is 32.7 Å². The minimum atomic E-state index is -0.889. The number of pyridine rings is 1. The van der Waals surface area contributed by atoms with Crippen molar-refractivity contribution in [3.05, 3.63) is 67.9 Å². The Morgan fingerprint density at radius 2 is 1.84 bits per heavy atom. The molecule has 8 nitrogen and oxygen atoms in total. The van der Waals surface area contributed by atoms with E-state index in [1.807, 2.05) is 18.5 Å². The molecule has 0 radical (unpaired) electrons. The van der Waals surface area contributed by atoms with E-state index in [0.717, 1.165) is 54.0 Å². The van der Waals surface area contributed by atoms with Crippen molar-refractivity contribution >= 4 is 45.2 Å². The van der Waals surface area contributed by atoms with Gasteiger partial charge < -0.3 is 14.9 Å². The van der Waals surface area contributed by atoms with Crippen LogP contribution in [0.25, 0.3) is 5.57 Å². The summed E-state index contributed by atoms with van der Waals surface area (Å²) in [5, 5.41) is 22.1. The Morgan fingerprint density at radius 1 is 1.11 bits per heavy atom. The first-order valence-electron chi connectivity index (χ1n) is 12.5. The molecule has 3 aliphatic rings. The lowest BCUT2D eigenvalue weighted by Crippen LogP contribution is -2.45. The number of carbonyl (C=O) groups is 1. The highest BCUT2D eigenvalue weighted by molar-refractivity contribution is 9.10. The minimum Gasteiger partial charge on any atom is -0.465 e. The topological polar surface area (TPSA) is 105 Å². The van der Waals surface area contributed by atoms with Crippen molar-refractivity contribution in [2.45, 2.75) is 44.6 Å². The molecule has 3 heterocycles. The van der Waals surface area contributed by atoms with E-state index in [-0.39, 0.29) is 6.04 Å². The van der Waals surface area contributed by atoms with E-state index in [4.69, 9.17) is 21.6 Å². The van der Waals surface area contributed by atoms with E-state index in [9.17, 15) is 15.2 Å². The number of rotatable bonds is 1. The maximum absolute atomic E-state index is 11.2. The third-order valence-electron chi connectivity index (χ3n) is 7.40. The number of hydrogen-bond acceptors (Lipinski definition) is 4. The van der Waals surface area contributed by atoms with Crippen molar-refractivity contribution in [1.29, 1.82) is 5.26 Å². The van der Waals surface area contributed by atoms with E-state index in [0.29, 0.717) is 31.9 Å². The molecule has 2 aromatic rings. The summed E-state index contributed by atoms with van der Waals surface area (Å²) >= 11 is 9.95. The summed E-state index contributed by atoms with van der Waals surface area (Å²) in [7, 11) is 0. The first kappa shape index (κ1) is 25.6. The number of aromatic nitrogens is 1. The second-order valence-electron chi connectivity index (χ2n) is 9.62. The molecule has 0 saturated carbocycles. The first-order valence-corrected chi connectivity index (χ1v) is 13.7. The predicted molar refractivity (Wildman–Crippen MR) is 146 cm³/mol. The van der Waals surface area contributed by atoms with Crippen molar-refractivity contribution in [3.63, 3.8) is 0 Å². The van der Waals surface area contributed by atoms with E-state index >= 15 is 0 Å². The van der Waals surface area contributed by atoms with Crippen LogP contribution in [0, 0.1) is 11.5 Å². The molecule has 0 spiro atoms. The number of piperidine rings is 2. The van der Waals surface area contributed by atoms with Crippen LogP contribution in [-0.2, 0) is 12.8 Å². The molecular weight excluding hydrogens is 556 g/mol. The second-order valence-corrected chi connectivity index (χ2v) is 11.0. The molecule has 0 bridgehead atoms. The van der Waals surface area contributed by atoms with Crippen molar-refractivity contribution in [2.75, 3.05) is 26.2 Å². The number of benzene rings is 1. The van der Waals surface area contributed by atoms with Gasteiger partial charge in [-0.3, -0.25) is 10.3 Å². The minimum absolute atomic E-state index is 0.000734. The van der Waals surface area contributed by atoms with Gasteiger partial charge in [0.2, 0.25) is 5.96 Å². The van der Waals surface area contributed by atoms with Gasteiger partial charge in [0.15, 0.2) is 6.19 Å². The molecule has 192 valence electrons. The van der Waals surface area contributed by atoms with Gasteiger partial charge in [-0.25, -0.2) is 9.79 Å². The number of aliphatic imine (C=N–C) groups is 1. The lowest BCUT2D eigenvalue weighted by molar-refractivity contribution is 0.132. The standard InChI is InChI=1S/C27H28BrClN6O2/c28-20-13-19-2-1-18-14-21(29)3-4-23(18)24(25(19)31-15-20)17-5-9-34(10-6-17)26(32-16-30)33-22-7-11-35(12-8-22)27(36)37/h3-4,13-15,22H,1-2,5-12H2,(H,32,33)(H,36,37). The first-order chi connectivity index (χ1) is 17.9. The zero-order chi connectivity index (χ0) is 25.9. The molecule has 2 fully saturated rings. The number of aryl methyl sites for hydroxylation is 2. The Hall–Kier alpha value is -3.09. The average molecular weight is 584 g/mol. The number of fused-ring (bicyclic) bond motifs is 2. The number of amides is 1. The summed E-state index contributed by atoms with van der Waals surface area (Å²) in [5.41, 5.74) is 7.28. The van der Waals surface area contributed by atoms with Gasteiger partial charge in [-0.1, -0.05) is 23.2 Å². The number of nitrogens with zero attached hydrogens (tertiary/aromatic N) is 5. The number of nitrogens with one attached hydrogen (secondary N) is 1. The summed E-state index contributed by atoms with van der Waals surface area (Å²) in [6, 6.07) is 8.32. The fraction of sp³-hybridized carbons (Fsp3) is 0.407. The van der Waals surface area contributed by atoms with Gasteiger partial charge >= 0.3 is 6.09 Å². The SMILES string of the molecule is N#CNC(=NC1CCN(C(=O)O)CC1)N1CCC(=C2c3ccc(Cl)cc3CCc3cc(Br)cnc32)CC1. The summed E-state index contributed by atoms with van der Waals surface area (Å²) < 4.78 is 0.979. The molecule has 5 rings (SSSR count). The van der Waals surface area contributed by atoms with E-state index in [2.05, 4.69) is 44.3 Å². The molecule has 1 aromatic carbocycles. The van der Waals surface area contributed by atoms with Crippen LogP contribution in [0.4, 0.5) is 4.79 Å². The Kier molecular flexibility index (Phi) is 7.68. The van der Waals surface area contributed by atoms with Crippen LogP contribution in [0.3, 0.4) is 0 Å². The summed E-state index contributed by atoms with van der Waals surface area (Å²) in [6.45, 7) is 2.39. The lowest BCUT2D eigenvalue weighted by Gasteiger charge is -2.33. The highest BCUT2D eigenvalue weighted by Gasteiger charge is 2.28. The summed E-state index contributed by atoms with van der Waals surface area (Å²) in [6.07, 6.45) is 7.80. The fourth-order valence-electron chi connectivity index (χ4n) is 5.51. The fourth-order valence-corrected chi connectivity index (χ4v) is 6.08. The zero-order valence-electron chi connectivity index (χ0n) is 20.4. The van der Waals surface area contributed by atoms with Gasteiger partial charge in [0.05, 0.1) is 11.7 Å². The average Bonchev–Trinajstić information content (AvgIpc) is 3.05. The van der Waals surface area contributed by atoms with E-state index in [1.54, 1.807) is 0 Å². The van der Waals surface area contributed by atoms with Crippen LogP contribution < -0.4 is 5.32 Å². The number of hydrogen-bond donors (Lipinski definition) is 2. The molecule has 0 atom stereocenters. The van der Waals surface area contributed by atoms with Gasteiger partial charge in [0, 0.05) is 47.4 Å².